The zero-order chi connectivity index (χ0) is 13.1. The van der Waals surface area contributed by atoms with Crippen LogP contribution < -0.4 is 5.32 Å². The number of nitrogens with zero attached hydrogens (tertiary/aromatic N) is 2. The zero-order valence-electron chi connectivity index (χ0n) is 10.1. The van der Waals surface area contributed by atoms with Crippen LogP contribution in [0.4, 0.5) is 5.69 Å². The average molecular weight is 334 g/mol. The van der Waals surface area contributed by atoms with E-state index in [1.807, 2.05) is 16.8 Å². The van der Waals surface area contributed by atoms with Crippen molar-refractivity contribution in [2.45, 2.75) is 6.54 Å². The van der Waals surface area contributed by atoms with E-state index in [-0.39, 0.29) is 0 Å². The Balaban J connectivity index is 1.73. The number of halogens is 1. The van der Waals surface area contributed by atoms with Crippen molar-refractivity contribution in [3.05, 3.63) is 63.8 Å². The van der Waals surface area contributed by atoms with Gasteiger partial charge in [-0.1, -0.05) is 6.07 Å². The third-order valence-corrected chi connectivity index (χ3v) is 4.32. The van der Waals surface area contributed by atoms with E-state index in [0.717, 1.165) is 21.7 Å². The lowest BCUT2D eigenvalue weighted by molar-refractivity contribution is 1.05. The van der Waals surface area contributed by atoms with Gasteiger partial charge >= 0.3 is 0 Å². The van der Waals surface area contributed by atoms with Gasteiger partial charge in [0.05, 0.1) is 10.1 Å². The first-order valence-electron chi connectivity index (χ1n) is 5.86. The van der Waals surface area contributed by atoms with E-state index >= 15 is 0 Å². The summed E-state index contributed by atoms with van der Waals surface area (Å²) in [5.41, 5.74) is 3.49. The zero-order valence-corrected chi connectivity index (χ0v) is 12.5. The minimum atomic E-state index is 0.829. The fourth-order valence-corrected chi connectivity index (χ4v) is 3.04. The van der Waals surface area contributed by atoms with Gasteiger partial charge in [-0.2, -0.15) is 0 Å². The van der Waals surface area contributed by atoms with Crippen molar-refractivity contribution in [2.24, 2.45) is 0 Å². The maximum absolute atomic E-state index is 4.06. The Morgan fingerprint density at radius 3 is 3.00 bits per heavy atom. The minimum Gasteiger partial charge on any atom is -0.381 e. The van der Waals surface area contributed by atoms with Crippen LogP contribution in [0.3, 0.4) is 0 Å². The van der Waals surface area contributed by atoms with Crippen LogP contribution in [-0.2, 0) is 6.54 Å². The molecule has 0 aliphatic rings. The maximum atomic E-state index is 4.06. The molecule has 96 valence electrons. The van der Waals surface area contributed by atoms with Gasteiger partial charge in [-0.05, 0) is 51.1 Å². The third-order valence-electron chi connectivity index (χ3n) is 2.77. The van der Waals surface area contributed by atoms with Crippen molar-refractivity contribution in [1.82, 2.24) is 9.55 Å². The van der Waals surface area contributed by atoms with Crippen molar-refractivity contribution >= 4 is 33.0 Å². The van der Waals surface area contributed by atoms with Gasteiger partial charge in [-0.3, -0.25) is 0 Å². The van der Waals surface area contributed by atoms with Crippen molar-refractivity contribution in [2.75, 3.05) is 5.32 Å². The number of hydrogen-bond donors (Lipinski definition) is 1. The lowest BCUT2D eigenvalue weighted by atomic mass is 10.2. The first-order valence-corrected chi connectivity index (χ1v) is 7.54. The van der Waals surface area contributed by atoms with Crippen LogP contribution in [0.5, 0.6) is 0 Å². The molecule has 0 unspecified atom stereocenters. The molecule has 19 heavy (non-hydrogen) atoms. The highest BCUT2D eigenvalue weighted by molar-refractivity contribution is 9.11. The number of benzene rings is 1. The second-order valence-corrected chi connectivity index (χ2v) is 6.42. The van der Waals surface area contributed by atoms with Crippen LogP contribution in [0, 0.1) is 0 Å². The number of aromatic nitrogens is 2. The predicted octanol–water partition coefficient (Wildman–Crippen LogP) is 4.31. The first-order chi connectivity index (χ1) is 9.31. The second kappa shape index (κ2) is 5.59. The number of nitrogens with one attached hydrogen (secondary N) is 1. The SMILES string of the molecule is Brc1cc(CNc2cccc(-n3ccnc3)c2)cs1. The molecule has 1 N–H and O–H groups in total. The molecule has 0 bridgehead atoms. The van der Waals surface area contributed by atoms with Gasteiger partial charge in [0.25, 0.3) is 0 Å². The summed E-state index contributed by atoms with van der Waals surface area (Å²) in [6.45, 7) is 0.829. The smallest absolute Gasteiger partial charge is 0.0991 e. The van der Waals surface area contributed by atoms with Crippen molar-refractivity contribution in [1.29, 1.82) is 0 Å². The van der Waals surface area contributed by atoms with Crippen LogP contribution in [0.25, 0.3) is 5.69 Å². The molecule has 0 radical (unpaired) electrons. The molecule has 0 saturated carbocycles. The molecule has 0 fully saturated rings. The maximum Gasteiger partial charge on any atom is 0.0991 e. The van der Waals surface area contributed by atoms with Gasteiger partial charge in [-0.25, -0.2) is 4.98 Å². The topological polar surface area (TPSA) is 29.9 Å². The monoisotopic (exact) mass is 333 g/mol. The predicted molar refractivity (Wildman–Crippen MR) is 82.9 cm³/mol. The van der Waals surface area contributed by atoms with Gasteiger partial charge in [0, 0.05) is 30.3 Å². The first kappa shape index (κ1) is 12.4. The van der Waals surface area contributed by atoms with E-state index in [4.69, 9.17) is 0 Å². The number of anilines is 1. The highest BCUT2D eigenvalue weighted by Gasteiger charge is 2.00. The number of imidazole rings is 1. The Morgan fingerprint density at radius 2 is 2.26 bits per heavy atom. The van der Waals surface area contributed by atoms with Crippen molar-refractivity contribution in [3.8, 4) is 5.69 Å². The second-order valence-electron chi connectivity index (χ2n) is 4.13. The van der Waals surface area contributed by atoms with E-state index in [1.165, 1.54) is 5.56 Å². The van der Waals surface area contributed by atoms with E-state index in [1.54, 1.807) is 23.9 Å². The van der Waals surface area contributed by atoms with Gasteiger partial charge in [-0.15, -0.1) is 11.3 Å². The number of rotatable bonds is 4. The van der Waals surface area contributed by atoms with Crippen molar-refractivity contribution < 1.29 is 0 Å². The Kier molecular flexibility index (Phi) is 3.66. The van der Waals surface area contributed by atoms with Gasteiger partial charge in [0.1, 0.15) is 0 Å². The summed E-state index contributed by atoms with van der Waals surface area (Å²) in [5.74, 6) is 0. The normalized spacial score (nSPS) is 10.6. The largest absolute Gasteiger partial charge is 0.381 e. The Labute approximate surface area is 124 Å². The molecule has 0 aliphatic carbocycles. The highest BCUT2D eigenvalue weighted by Crippen LogP contribution is 2.22. The summed E-state index contributed by atoms with van der Waals surface area (Å²) in [6.07, 6.45) is 5.52. The van der Waals surface area contributed by atoms with E-state index < -0.39 is 0 Å². The Bertz CT molecular complexity index is 661. The molecule has 0 amide bonds. The standard InChI is InChI=1S/C14H12BrN3S/c15-14-6-11(9-19-14)8-17-12-2-1-3-13(7-12)18-5-4-16-10-18/h1-7,9-10,17H,8H2. The molecular formula is C14H12BrN3S. The molecule has 0 spiro atoms. The summed E-state index contributed by atoms with van der Waals surface area (Å²) in [5, 5.41) is 5.58. The molecule has 2 heterocycles. The average Bonchev–Trinajstić information content (AvgIpc) is 3.08. The van der Waals surface area contributed by atoms with E-state index in [0.29, 0.717) is 0 Å². The fourth-order valence-electron chi connectivity index (χ4n) is 1.83. The van der Waals surface area contributed by atoms with Crippen LogP contribution in [0.2, 0.25) is 0 Å². The number of hydrogen-bond acceptors (Lipinski definition) is 3. The summed E-state index contributed by atoms with van der Waals surface area (Å²) in [6, 6.07) is 10.4. The molecule has 5 heteroatoms. The lowest BCUT2D eigenvalue weighted by Crippen LogP contribution is -1.99. The molecule has 0 atom stereocenters. The summed E-state index contributed by atoms with van der Waals surface area (Å²) in [7, 11) is 0. The van der Waals surface area contributed by atoms with Crippen LogP contribution in [0.1, 0.15) is 5.56 Å². The summed E-state index contributed by atoms with van der Waals surface area (Å²) < 4.78 is 3.16. The Morgan fingerprint density at radius 1 is 1.32 bits per heavy atom. The summed E-state index contributed by atoms with van der Waals surface area (Å²) >= 11 is 5.18. The van der Waals surface area contributed by atoms with Gasteiger partial charge in [0.15, 0.2) is 0 Å². The fraction of sp³-hybridized carbons (Fsp3) is 0.0714. The minimum absolute atomic E-state index is 0.829. The quantitative estimate of drug-likeness (QED) is 0.771. The van der Waals surface area contributed by atoms with Crippen LogP contribution >= 0.6 is 27.3 Å². The molecular weight excluding hydrogens is 322 g/mol. The molecule has 2 aromatic heterocycles. The van der Waals surface area contributed by atoms with Gasteiger partial charge < -0.3 is 9.88 Å². The molecule has 0 aliphatic heterocycles. The molecule has 1 aromatic carbocycles. The van der Waals surface area contributed by atoms with Crippen molar-refractivity contribution in [3.63, 3.8) is 0 Å². The molecule has 3 nitrogen and oxygen atoms in total. The molecule has 3 aromatic rings. The van der Waals surface area contributed by atoms with Gasteiger partial charge in [0.2, 0.25) is 0 Å². The third kappa shape index (κ3) is 3.05. The van der Waals surface area contributed by atoms with E-state index in [9.17, 15) is 0 Å². The molecule has 0 saturated heterocycles. The summed E-state index contributed by atoms with van der Waals surface area (Å²) in [4.78, 5) is 4.06. The van der Waals surface area contributed by atoms with E-state index in [2.05, 4.69) is 55.9 Å². The highest BCUT2D eigenvalue weighted by atomic mass is 79.9. The number of thiophene rings is 1. The Hall–Kier alpha value is -1.59. The molecule has 3 rings (SSSR count). The van der Waals surface area contributed by atoms with Crippen LogP contribution in [0.15, 0.2) is 58.2 Å². The lowest BCUT2D eigenvalue weighted by Gasteiger charge is -2.08. The van der Waals surface area contributed by atoms with Crippen LogP contribution in [-0.4, -0.2) is 9.55 Å².